The molecule has 0 aliphatic rings. The van der Waals surface area contributed by atoms with Gasteiger partial charge in [-0.15, -0.1) is 12.3 Å². The number of hydrogen-bond donors (Lipinski definition) is 2. The van der Waals surface area contributed by atoms with Crippen LogP contribution in [0.25, 0.3) is 0 Å². The maximum Gasteiger partial charge on any atom is 0.338 e. The van der Waals surface area contributed by atoms with Crippen LogP contribution in [-0.2, 0) is 14.3 Å². The Labute approximate surface area is 129 Å². The highest BCUT2D eigenvalue weighted by Crippen LogP contribution is 2.20. The van der Waals surface area contributed by atoms with Crippen molar-refractivity contribution in [3.63, 3.8) is 0 Å². The minimum absolute atomic E-state index is 0.211. The van der Waals surface area contributed by atoms with E-state index in [1.807, 2.05) is 0 Å². The first kappa shape index (κ1) is 17.2. The lowest BCUT2D eigenvalue weighted by Gasteiger charge is -2.10. The van der Waals surface area contributed by atoms with E-state index in [0.717, 1.165) is 0 Å². The van der Waals surface area contributed by atoms with Gasteiger partial charge in [0.15, 0.2) is 0 Å². The third kappa shape index (κ3) is 6.09. The zero-order valence-corrected chi connectivity index (χ0v) is 12.6. The Balaban J connectivity index is 2.91. The van der Waals surface area contributed by atoms with Gasteiger partial charge in [0.25, 0.3) is 0 Å². The molecule has 0 spiro atoms. The number of benzene rings is 1. The second kappa shape index (κ2) is 8.47. The average Bonchev–Trinajstić information content (AvgIpc) is 2.41. The molecule has 0 heterocycles. The summed E-state index contributed by atoms with van der Waals surface area (Å²) in [4.78, 5) is 34.3. The number of anilines is 2. The monoisotopic (exact) mass is 302 g/mol. The molecule has 0 aliphatic heterocycles. The van der Waals surface area contributed by atoms with Gasteiger partial charge in [0.05, 0.1) is 12.2 Å². The van der Waals surface area contributed by atoms with Crippen LogP contribution in [0.3, 0.4) is 0 Å². The largest absolute Gasteiger partial charge is 0.462 e. The van der Waals surface area contributed by atoms with Crippen LogP contribution in [0.5, 0.6) is 0 Å². The normalized spacial score (nSPS) is 9.50. The topological polar surface area (TPSA) is 84.5 Å². The van der Waals surface area contributed by atoms with Crippen LogP contribution in [0.15, 0.2) is 18.2 Å². The number of hydrogen-bond acceptors (Lipinski definition) is 4. The van der Waals surface area contributed by atoms with E-state index in [4.69, 9.17) is 11.2 Å². The summed E-state index contributed by atoms with van der Waals surface area (Å²) in [5.74, 6) is 1.34. The van der Waals surface area contributed by atoms with E-state index in [1.165, 1.54) is 26.0 Å². The van der Waals surface area contributed by atoms with Gasteiger partial charge in [0.2, 0.25) is 11.8 Å². The predicted octanol–water partition coefficient (Wildman–Crippen LogP) is 2.17. The van der Waals surface area contributed by atoms with E-state index in [1.54, 1.807) is 6.07 Å². The van der Waals surface area contributed by atoms with Crippen molar-refractivity contribution >= 4 is 29.2 Å². The highest BCUT2D eigenvalue weighted by molar-refractivity contribution is 5.97. The summed E-state index contributed by atoms with van der Waals surface area (Å²) in [6.45, 7) is 2.91. The smallest absolute Gasteiger partial charge is 0.338 e. The summed E-state index contributed by atoms with van der Waals surface area (Å²) < 4.78 is 5.09. The molecule has 0 bridgehead atoms. The van der Waals surface area contributed by atoms with Gasteiger partial charge in [0, 0.05) is 31.6 Å². The Bertz CT molecular complexity index is 583. The summed E-state index contributed by atoms with van der Waals surface area (Å²) in [5.41, 5.74) is 1.03. The highest BCUT2D eigenvalue weighted by Gasteiger charge is 2.11. The first-order valence-electron chi connectivity index (χ1n) is 6.73. The number of nitrogens with one attached hydrogen (secondary N) is 2. The number of rotatable bonds is 6. The van der Waals surface area contributed by atoms with Crippen LogP contribution in [0, 0.1) is 12.3 Å². The van der Waals surface area contributed by atoms with Crippen LogP contribution in [-0.4, -0.2) is 24.4 Å². The van der Waals surface area contributed by atoms with Crippen LogP contribution >= 0.6 is 0 Å². The van der Waals surface area contributed by atoms with Gasteiger partial charge in [-0.2, -0.15) is 0 Å². The van der Waals surface area contributed by atoms with E-state index < -0.39 is 5.97 Å². The van der Waals surface area contributed by atoms with Crippen molar-refractivity contribution in [1.82, 2.24) is 0 Å². The molecule has 2 N–H and O–H groups in total. The van der Waals surface area contributed by atoms with Crippen molar-refractivity contribution in [2.45, 2.75) is 26.7 Å². The van der Waals surface area contributed by atoms with Gasteiger partial charge in [-0.05, 0) is 24.6 Å². The van der Waals surface area contributed by atoms with Crippen molar-refractivity contribution in [2.24, 2.45) is 0 Å². The third-order valence-electron chi connectivity index (χ3n) is 2.51. The van der Waals surface area contributed by atoms with Crippen LogP contribution < -0.4 is 10.6 Å². The van der Waals surface area contributed by atoms with Crippen molar-refractivity contribution in [3.05, 3.63) is 23.8 Å². The lowest BCUT2D eigenvalue weighted by Crippen LogP contribution is -2.12. The number of amides is 2. The van der Waals surface area contributed by atoms with Crippen LogP contribution in [0.1, 0.15) is 37.0 Å². The fourth-order valence-corrected chi connectivity index (χ4v) is 1.72. The standard InChI is InChI=1S/C16H18N2O4/c1-4-5-6-7-22-16(21)13-8-14(17-11(2)19)10-15(9-13)18-12(3)20/h1,8-10H,5-7H2,2-3H3,(H,17,19)(H,18,20). The van der Waals surface area contributed by atoms with Crippen LogP contribution in [0.4, 0.5) is 11.4 Å². The number of carbonyl (C=O) groups excluding carboxylic acids is 3. The van der Waals surface area contributed by atoms with Gasteiger partial charge in [0.1, 0.15) is 0 Å². The van der Waals surface area contributed by atoms with Gasteiger partial charge < -0.3 is 15.4 Å². The number of ether oxygens (including phenoxy) is 1. The van der Waals surface area contributed by atoms with Gasteiger partial charge >= 0.3 is 5.97 Å². The third-order valence-corrected chi connectivity index (χ3v) is 2.51. The number of carbonyl (C=O) groups is 3. The highest BCUT2D eigenvalue weighted by atomic mass is 16.5. The Kier molecular flexibility index (Phi) is 6.64. The van der Waals surface area contributed by atoms with Crippen molar-refractivity contribution in [3.8, 4) is 12.3 Å². The number of terminal acetylenes is 1. The molecule has 0 atom stereocenters. The zero-order chi connectivity index (χ0) is 16.5. The van der Waals surface area contributed by atoms with E-state index in [0.29, 0.717) is 24.2 Å². The van der Waals surface area contributed by atoms with Gasteiger partial charge in [-0.25, -0.2) is 4.79 Å². The molecule has 1 rings (SSSR count). The first-order valence-corrected chi connectivity index (χ1v) is 6.73. The van der Waals surface area contributed by atoms with Crippen molar-refractivity contribution < 1.29 is 19.1 Å². The molecule has 0 saturated heterocycles. The molecule has 6 nitrogen and oxygen atoms in total. The summed E-state index contributed by atoms with van der Waals surface area (Å²) in [7, 11) is 0. The van der Waals surface area contributed by atoms with E-state index >= 15 is 0 Å². The summed E-state index contributed by atoms with van der Waals surface area (Å²) in [6, 6.07) is 4.52. The molecule has 0 saturated carbocycles. The van der Waals surface area contributed by atoms with Crippen molar-refractivity contribution in [2.75, 3.05) is 17.2 Å². The SMILES string of the molecule is C#CCCCOC(=O)c1cc(NC(C)=O)cc(NC(C)=O)c1. The quantitative estimate of drug-likeness (QED) is 0.479. The van der Waals surface area contributed by atoms with Gasteiger partial charge in [-0.3, -0.25) is 9.59 Å². The summed E-state index contributed by atoms with van der Waals surface area (Å²) in [6.07, 6.45) is 6.22. The molecule has 1 aromatic rings. The Morgan fingerprint density at radius 1 is 1.09 bits per heavy atom. The molecule has 0 unspecified atom stereocenters. The zero-order valence-electron chi connectivity index (χ0n) is 12.6. The molecule has 0 radical (unpaired) electrons. The lowest BCUT2D eigenvalue weighted by molar-refractivity contribution is -0.115. The Morgan fingerprint density at radius 2 is 1.64 bits per heavy atom. The minimum Gasteiger partial charge on any atom is -0.462 e. The molecule has 22 heavy (non-hydrogen) atoms. The summed E-state index contributed by atoms with van der Waals surface area (Å²) in [5, 5.41) is 5.13. The fraction of sp³-hybridized carbons (Fsp3) is 0.312. The molecule has 0 fully saturated rings. The predicted molar refractivity (Wildman–Crippen MR) is 83.4 cm³/mol. The Morgan fingerprint density at radius 3 is 2.09 bits per heavy atom. The number of unbranched alkanes of at least 4 members (excludes halogenated alkanes) is 1. The van der Waals surface area contributed by atoms with Crippen LogP contribution in [0.2, 0.25) is 0 Å². The molecule has 116 valence electrons. The summed E-state index contributed by atoms with van der Waals surface area (Å²) >= 11 is 0. The molecule has 1 aromatic carbocycles. The molecular formula is C16H18N2O4. The van der Waals surface area contributed by atoms with Gasteiger partial charge in [-0.1, -0.05) is 0 Å². The fourth-order valence-electron chi connectivity index (χ4n) is 1.72. The average molecular weight is 302 g/mol. The number of esters is 1. The molecular weight excluding hydrogens is 284 g/mol. The molecule has 0 aliphatic carbocycles. The van der Waals surface area contributed by atoms with E-state index in [2.05, 4.69) is 16.6 Å². The van der Waals surface area contributed by atoms with E-state index in [9.17, 15) is 14.4 Å². The maximum atomic E-state index is 12.0. The lowest BCUT2D eigenvalue weighted by atomic mass is 10.1. The maximum absolute atomic E-state index is 12.0. The molecule has 2 amide bonds. The second-order valence-corrected chi connectivity index (χ2v) is 4.61. The Hall–Kier alpha value is -2.81. The molecule has 6 heteroatoms. The second-order valence-electron chi connectivity index (χ2n) is 4.61. The minimum atomic E-state index is -0.546. The molecule has 0 aromatic heterocycles. The first-order chi connectivity index (χ1) is 10.4. The van der Waals surface area contributed by atoms with Crippen molar-refractivity contribution in [1.29, 1.82) is 0 Å². The van der Waals surface area contributed by atoms with E-state index in [-0.39, 0.29) is 24.0 Å².